The average molecular weight is 439 g/mol. The topological polar surface area (TPSA) is 90.7 Å². The molecule has 0 unspecified atom stereocenters. The van der Waals surface area contributed by atoms with Crippen LogP contribution in [0.1, 0.15) is 35.4 Å². The number of nitriles is 1. The van der Waals surface area contributed by atoms with E-state index in [1.54, 1.807) is 13.3 Å². The zero-order valence-electron chi connectivity index (χ0n) is 19.1. The first-order valence-corrected chi connectivity index (χ1v) is 11.2. The molecule has 1 aliphatic rings. The Morgan fingerprint density at radius 3 is 2.55 bits per heavy atom. The van der Waals surface area contributed by atoms with Crippen molar-refractivity contribution in [1.82, 2.24) is 24.8 Å². The maximum absolute atomic E-state index is 10.1. The summed E-state index contributed by atoms with van der Waals surface area (Å²) in [6.45, 7) is 7.07. The Morgan fingerprint density at radius 2 is 1.85 bits per heavy atom. The molecule has 7 nitrogen and oxygen atoms in total. The number of likely N-dealkylation sites (tertiary alicyclic amines) is 1. The highest BCUT2D eigenvalue weighted by atomic mass is 16.5. The Hall–Kier alpha value is -3.76. The molecule has 0 bridgehead atoms. The summed E-state index contributed by atoms with van der Waals surface area (Å²) in [6.07, 6.45) is 7.95. The molecule has 4 aromatic rings. The fourth-order valence-corrected chi connectivity index (χ4v) is 4.72. The van der Waals surface area contributed by atoms with Gasteiger partial charge in [-0.05, 0) is 68.6 Å². The number of fused-ring (bicyclic) bond motifs is 1. The van der Waals surface area contributed by atoms with Crippen LogP contribution in [0.5, 0.6) is 5.75 Å². The summed E-state index contributed by atoms with van der Waals surface area (Å²) in [5.41, 5.74) is 6.84. The fraction of sp³-hybridized carbons (Fsp3) is 0.308. The summed E-state index contributed by atoms with van der Waals surface area (Å²) in [4.78, 5) is 19.5. The van der Waals surface area contributed by atoms with E-state index in [-0.39, 0.29) is 0 Å². The summed E-state index contributed by atoms with van der Waals surface area (Å²) in [6, 6.07) is 8.33. The van der Waals surface area contributed by atoms with E-state index >= 15 is 0 Å². The lowest BCUT2D eigenvalue weighted by Gasteiger charge is -2.15. The number of benzene rings is 1. The Kier molecular flexibility index (Phi) is 5.53. The van der Waals surface area contributed by atoms with E-state index in [1.807, 2.05) is 44.4 Å². The van der Waals surface area contributed by atoms with Crippen LogP contribution < -0.4 is 4.74 Å². The highest BCUT2D eigenvalue weighted by Crippen LogP contribution is 2.37. The number of hydrogen-bond donors (Lipinski definition) is 1. The average Bonchev–Trinajstić information content (AvgIpc) is 3.49. The Bertz CT molecular complexity index is 1360. The largest absolute Gasteiger partial charge is 0.496 e. The molecule has 3 aromatic heterocycles. The van der Waals surface area contributed by atoms with Crippen LogP contribution in [0.25, 0.3) is 33.4 Å². The van der Waals surface area contributed by atoms with E-state index in [0.29, 0.717) is 11.2 Å². The monoisotopic (exact) mass is 438 g/mol. The maximum atomic E-state index is 10.1. The minimum atomic E-state index is 0.591. The molecule has 1 saturated heterocycles. The van der Waals surface area contributed by atoms with Gasteiger partial charge in [0.25, 0.3) is 0 Å². The Balaban J connectivity index is 1.54. The van der Waals surface area contributed by atoms with Crippen LogP contribution in [0, 0.1) is 25.2 Å². The summed E-state index contributed by atoms with van der Waals surface area (Å²) >= 11 is 0. The number of rotatable bonds is 5. The van der Waals surface area contributed by atoms with Gasteiger partial charge < -0.3 is 9.72 Å². The molecule has 0 atom stereocenters. The van der Waals surface area contributed by atoms with Gasteiger partial charge in [0, 0.05) is 35.1 Å². The van der Waals surface area contributed by atoms with Crippen molar-refractivity contribution in [3.05, 3.63) is 59.3 Å². The number of aryl methyl sites for hydroxylation is 1. The van der Waals surface area contributed by atoms with Crippen LogP contribution in [0.3, 0.4) is 0 Å². The highest BCUT2D eigenvalue weighted by Gasteiger charge is 2.19. The molecule has 0 saturated carbocycles. The first kappa shape index (κ1) is 21.1. The van der Waals surface area contributed by atoms with Crippen molar-refractivity contribution in [3.8, 4) is 34.2 Å². The predicted octanol–water partition coefficient (Wildman–Crippen LogP) is 4.78. The molecule has 1 aromatic carbocycles. The van der Waals surface area contributed by atoms with E-state index in [4.69, 9.17) is 4.74 Å². The minimum Gasteiger partial charge on any atom is -0.496 e. The van der Waals surface area contributed by atoms with Crippen molar-refractivity contribution < 1.29 is 4.74 Å². The number of nitrogens with zero attached hydrogens (tertiary/aromatic N) is 5. The molecule has 0 amide bonds. The lowest BCUT2D eigenvalue weighted by atomic mass is 9.92. The summed E-state index contributed by atoms with van der Waals surface area (Å²) in [5.74, 6) is 1.62. The van der Waals surface area contributed by atoms with Gasteiger partial charge in [0.1, 0.15) is 23.3 Å². The van der Waals surface area contributed by atoms with Crippen LogP contribution in [-0.4, -0.2) is 45.0 Å². The zero-order chi connectivity index (χ0) is 22.9. The highest BCUT2D eigenvalue weighted by molar-refractivity contribution is 5.94. The lowest BCUT2D eigenvalue weighted by molar-refractivity contribution is 0.322. The number of hydrogen-bond acceptors (Lipinski definition) is 6. The molecule has 0 radical (unpaired) electrons. The van der Waals surface area contributed by atoms with E-state index in [0.717, 1.165) is 70.1 Å². The smallest absolute Gasteiger partial charge is 0.142 e. The minimum absolute atomic E-state index is 0.591. The van der Waals surface area contributed by atoms with Crippen molar-refractivity contribution in [2.45, 2.75) is 33.2 Å². The number of aromatic amines is 1. The number of aromatic nitrogens is 4. The van der Waals surface area contributed by atoms with Gasteiger partial charge in [-0.2, -0.15) is 5.26 Å². The van der Waals surface area contributed by atoms with Gasteiger partial charge in [-0.3, -0.25) is 4.90 Å². The summed E-state index contributed by atoms with van der Waals surface area (Å²) < 4.78 is 5.51. The molecule has 5 rings (SSSR count). The second-order valence-electron chi connectivity index (χ2n) is 8.56. The number of methoxy groups -OCH3 is 1. The molecule has 33 heavy (non-hydrogen) atoms. The normalized spacial score (nSPS) is 14.0. The molecule has 0 spiro atoms. The van der Waals surface area contributed by atoms with Gasteiger partial charge in [-0.25, -0.2) is 15.0 Å². The van der Waals surface area contributed by atoms with Gasteiger partial charge >= 0.3 is 0 Å². The first-order valence-electron chi connectivity index (χ1n) is 11.2. The van der Waals surface area contributed by atoms with Crippen molar-refractivity contribution in [2.24, 2.45) is 0 Å². The van der Waals surface area contributed by atoms with Crippen molar-refractivity contribution in [2.75, 3.05) is 20.2 Å². The van der Waals surface area contributed by atoms with Crippen LogP contribution >= 0.6 is 0 Å². The third-order valence-electron chi connectivity index (χ3n) is 6.46. The molecule has 4 heterocycles. The zero-order valence-corrected chi connectivity index (χ0v) is 19.1. The summed E-state index contributed by atoms with van der Waals surface area (Å²) in [7, 11) is 1.66. The molecular formula is C26H26N6O. The molecule has 1 fully saturated rings. The van der Waals surface area contributed by atoms with E-state index in [2.05, 4.69) is 30.9 Å². The van der Waals surface area contributed by atoms with Crippen molar-refractivity contribution in [3.63, 3.8) is 0 Å². The van der Waals surface area contributed by atoms with E-state index in [9.17, 15) is 5.26 Å². The van der Waals surface area contributed by atoms with Crippen LogP contribution in [0.15, 0.2) is 36.8 Å². The number of pyridine rings is 1. The van der Waals surface area contributed by atoms with Crippen LogP contribution in [-0.2, 0) is 6.54 Å². The Morgan fingerprint density at radius 1 is 1.09 bits per heavy atom. The van der Waals surface area contributed by atoms with E-state index in [1.165, 1.54) is 12.8 Å². The molecule has 7 heteroatoms. The quantitative estimate of drug-likeness (QED) is 0.482. The SMILES string of the molecule is COc1ccc(C)c(-c2cnc3[nH]c(-c4cnc(CN5CCCC5)nc4)cc3c2C#N)c1C. The molecular weight excluding hydrogens is 412 g/mol. The van der Waals surface area contributed by atoms with Gasteiger partial charge in [0.05, 0.1) is 24.9 Å². The maximum Gasteiger partial charge on any atom is 0.142 e. The van der Waals surface area contributed by atoms with Crippen molar-refractivity contribution >= 4 is 11.0 Å². The van der Waals surface area contributed by atoms with Gasteiger partial charge in [-0.15, -0.1) is 0 Å². The lowest BCUT2D eigenvalue weighted by Crippen LogP contribution is -2.19. The third-order valence-corrected chi connectivity index (χ3v) is 6.46. The molecule has 1 N–H and O–H groups in total. The van der Waals surface area contributed by atoms with E-state index < -0.39 is 0 Å². The fourth-order valence-electron chi connectivity index (χ4n) is 4.72. The third kappa shape index (κ3) is 3.83. The second-order valence-corrected chi connectivity index (χ2v) is 8.56. The first-order chi connectivity index (χ1) is 16.1. The molecule has 166 valence electrons. The second kappa shape index (κ2) is 8.64. The predicted molar refractivity (Wildman–Crippen MR) is 128 cm³/mol. The molecule has 0 aliphatic carbocycles. The Labute approximate surface area is 193 Å². The van der Waals surface area contributed by atoms with Gasteiger partial charge in [0.15, 0.2) is 0 Å². The number of H-pyrrole nitrogens is 1. The van der Waals surface area contributed by atoms with Crippen LogP contribution in [0.4, 0.5) is 0 Å². The number of nitrogens with one attached hydrogen (secondary N) is 1. The van der Waals surface area contributed by atoms with Crippen LogP contribution in [0.2, 0.25) is 0 Å². The van der Waals surface area contributed by atoms with Gasteiger partial charge in [0.2, 0.25) is 0 Å². The number of ether oxygens (including phenoxy) is 1. The van der Waals surface area contributed by atoms with Crippen molar-refractivity contribution in [1.29, 1.82) is 5.26 Å². The summed E-state index contributed by atoms with van der Waals surface area (Å²) in [5, 5.41) is 10.9. The standard InChI is InChI=1S/C26H26N6O/c1-16-6-7-23(33-3)17(2)25(16)21-14-30-26-19(20(21)11-27)10-22(31-26)18-12-28-24(29-13-18)15-32-8-4-5-9-32/h6-7,10,12-14H,4-5,8-9,15H2,1-3H3,(H,30,31). The van der Waals surface area contributed by atoms with Gasteiger partial charge in [-0.1, -0.05) is 6.07 Å². The molecule has 1 aliphatic heterocycles.